The number of allylic oxidation sites excluding steroid dienone is 2. The van der Waals surface area contributed by atoms with Crippen LogP contribution in [0.15, 0.2) is 31.4 Å². The third kappa shape index (κ3) is 2.23. The van der Waals surface area contributed by atoms with Crippen molar-refractivity contribution in [2.45, 2.75) is 32.6 Å². The van der Waals surface area contributed by atoms with Crippen LogP contribution in [0.25, 0.3) is 0 Å². The number of carbonyl (C=O) groups is 1. The minimum Gasteiger partial charge on any atom is -0.326 e. The van der Waals surface area contributed by atoms with E-state index < -0.39 is 0 Å². The molecule has 1 aliphatic rings. The summed E-state index contributed by atoms with van der Waals surface area (Å²) in [5, 5.41) is 3.01. The predicted octanol–water partition coefficient (Wildman–Crippen LogP) is 3.34. The van der Waals surface area contributed by atoms with Gasteiger partial charge in [0.25, 0.3) is 0 Å². The quantitative estimate of drug-likeness (QED) is 0.805. The maximum Gasteiger partial charge on any atom is 0.224 e. The maximum atomic E-state index is 11.6. The SMILES string of the molecule is C=CCc1cc2c(c(CC=C)c1C)NC(=O)CC2. The Kier molecular flexibility index (Phi) is 3.66. The average Bonchev–Trinajstić information content (AvgIpc) is 2.35. The highest BCUT2D eigenvalue weighted by Gasteiger charge is 2.20. The van der Waals surface area contributed by atoms with Crippen LogP contribution in [0.4, 0.5) is 5.69 Å². The zero-order chi connectivity index (χ0) is 13.1. The van der Waals surface area contributed by atoms with Crippen LogP contribution in [-0.4, -0.2) is 5.91 Å². The largest absolute Gasteiger partial charge is 0.326 e. The monoisotopic (exact) mass is 241 g/mol. The molecule has 2 nitrogen and oxygen atoms in total. The van der Waals surface area contributed by atoms with E-state index in [0.717, 1.165) is 24.9 Å². The van der Waals surface area contributed by atoms with Gasteiger partial charge in [-0.05, 0) is 48.4 Å². The molecule has 1 aliphatic heterocycles. The summed E-state index contributed by atoms with van der Waals surface area (Å²) < 4.78 is 0. The Labute approximate surface area is 108 Å². The Morgan fingerprint density at radius 2 is 2.00 bits per heavy atom. The molecule has 0 spiro atoms. The fourth-order valence-electron chi connectivity index (χ4n) is 2.54. The molecule has 1 amide bonds. The van der Waals surface area contributed by atoms with Gasteiger partial charge in [0.15, 0.2) is 0 Å². The molecule has 2 rings (SSSR count). The summed E-state index contributed by atoms with van der Waals surface area (Å²) in [4.78, 5) is 11.6. The number of amides is 1. The third-order valence-electron chi connectivity index (χ3n) is 3.50. The van der Waals surface area contributed by atoms with Gasteiger partial charge < -0.3 is 5.32 Å². The van der Waals surface area contributed by atoms with Gasteiger partial charge in [0.05, 0.1) is 0 Å². The fourth-order valence-corrected chi connectivity index (χ4v) is 2.54. The van der Waals surface area contributed by atoms with E-state index in [1.807, 2.05) is 12.2 Å². The van der Waals surface area contributed by atoms with E-state index in [4.69, 9.17) is 0 Å². The lowest BCUT2D eigenvalue weighted by Gasteiger charge is -2.23. The number of hydrogen-bond donors (Lipinski definition) is 1. The van der Waals surface area contributed by atoms with Gasteiger partial charge in [-0.2, -0.15) is 0 Å². The molecular formula is C16H19NO. The first-order valence-corrected chi connectivity index (χ1v) is 6.33. The maximum absolute atomic E-state index is 11.6. The lowest BCUT2D eigenvalue weighted by molar-refractivity contribution is -0.116. The minimum absolute atomic E-state index is 0.115. The number of hydrogen-bond acceptors (Lipinski definition) is 1. The van der Waals surface area contributed by atoms with Crippen molar-refractivity contribution in [3.8, 4) is 0 Å². The first kappa shape index (κ1) is 12.6. The standard InChI is InChI=1S/C16H19NO/c1-4-6-12-10-13-8-9-15(18)17-16(13)14(7-5-2)11(12)3/h4-5,10H,1-2,6-9H2,3H3,(H,17,18). The van der Waals surface area contributed by atoms with Gasteiger partial charge in [0.2, 0.25) is 5.91 Å². The Balaban J connectivity index is 2.58. The van der Waals surface area contributed by atoms with Crippen LogP contribution < -0.4 is 5.32 Å². The molecule has 1 heterocycles. The number of anilines is 1. The van der Waals surface area contributed by atoms with Crippen LogP contribution in [0.2, 0.25) is 0 Å². The number of nitrogens with one attached hydrogen (secondary N) is 1. The van der Waals surface area contributed by atoms with E-state index in [1.54, 1.807) is 0 Å². The van der Waals surface area contributed by atoms with Crippen LogP contribution in [0, 0.1) is 6.92 Å². The van der Waals surface area contributed by atoms with Crippen LogP contribution in [0.3, 0.4) is 0 Å². The summed E-state index contributed by atoms with van der Waals surface area (Å²) >= 11 is 0. The van der Waals surface area contributed by atoms with Crippen molar-refractivity contribution in [3.05, 3.63) is 53.6 Å². The number of benzene rings is 1. The summed E-state index contributed by atoms with van der Waals surface area (Å²) in [7, 11) is 0. The summed E-state index contributed by atoms with van der Waals surface area (Å²) in [6.45, 7) is 9.72. The van der Waals surface area contributed by atoms with Crippen molar-refractivity contribution in [1.29, 1.82) is 0 Å². The van der Waals surface area contributed by atoms with Crippen molar-refractivity contribution in [3.63, 3.8) is 0 Å². The Morgan fingerprint density at radius 1 is 1.28 bits per heavy atom. The van der Waals surface area contributed by atoms with Gasteiger partial charge in [0.1, 0.15) is 0 Å². The molecule has 0 bridgehead atoms. The Morgan fingerprint density at radius 3 is 2.67 bits per heavy atom. The third-order valence-corrected chi connectivity index (χ3v) is 3.50. The molecule has 94 valence electrons. The van der Waals surface area contributed by atoms with Crippen molar-refractivity contribution in [2.75, 3.05) is 5.32 Å². The summed E-state index contributed by atoms with van der Waals surface area (Å²) in [5.41, 5.74) is 6.00. The second-order valence-corrected chi connectivity index (χ2v) is 4.71. The van der Waals surface area contributed by atoms with Gasteiger partial charge in [-0.3, -0.25) is 4.79 Å². The predicted molar refractivity (Wildman–Crippen MR) is 75.9 cm³/mol. The molecule has 1 aromatic rings. The minimum atomic E-state index is 0.115. The van der Waals surface area contributed by atoms with E-state index in [9.17, 15) is 4.79 Å². The van der Waals surface area contributed by atoms with Gasteiger partial charge in [-0.25, -0.2) is 0 Å². The van der Waals surface area contributed by atoms with Crippen molar-refractivity contribution >= 4 is 11.6 Å². The molecule has 0 radical (unpaired) electrons. The molecule has 0 unspecified atom stereocenters. The average molecular weight is 241 g/mol. The highest BCUT2D eigenvalue weighted by atomic mass is 16.1. The first-order valence-electron chi connectivity index (χ1n) is 6.33. The second-order valence-electron chi connectivity index (χ2n) is 4.71. The molecule has 0 fully saturated rings. The fraction of sp³-hybridized carbons (Fsp3) is 0.312. The van der Waals surface area contributed by atoms with Crippen molar-refractivity contribution < 1.29 is 4.79 Å². The molecule has 18 heavy (non-hydrogen) atoms. The smallest absolute Gasteiger partial charge is 0.224 e. The van der Waals surface area contributed by atoms with Crippen LogP contribution >= 0.6 is 0 Å². The van der Waals surface area contributed by atoms with E-state index in [1.165, 1.54) is 22.3 Å². The van der Waals surface area contributed by atoms with Crippen LogP contribution in [-0.2, 0) is 24.1 Å². The van der Waals surface area contributed by atoms with Gasteiger partial charge in [0, 0.05) is 12.1 Å². The Hall–Kier alpha value is -1.83. The summed E-state index contributed by atoms with van der Waals surface area (Å²) in [6.07, 6.45) is 6.89. The van der Waals surface area contributed by atoms with Gasteiger partial charge in [-0.15, -0.1) is 13.2 Å². The molecule has 0 saturated carbocycles. The summed E-state index contributed by atoms with van der Waals surface area (Å²) in [6, 6.07) is 2.21. The molecule has 0 aliphatic carbocycles. The molecule has 1 N–H and O–H groups in total. The number of fused-ring (bicyclic) bond motifs is 1. The van der Waals surface area contributed by atoms with Gasteiger partial charge in [-0.1, -0.05) is 18.2 Å². The zero-order valence-corrected chi connectivity index (χ0v) is 10.9. The topological polar surface area (TPSA) is 29.1 Å². The zero-order valence-electron chi connectivity index (χ0n) is 10.9. The number of aryl methyl sites for hydroxylation is 1. The van der Waals surface area contributed by atoms with Crippen LogP contribution in [0.5, 0.6) is 0 Å². The van der Waals surface area contributed by atoms with E-state index in [0.29, 0.717) is 6.42 Å². The normalized spacial score (nSPS) is 13.7. The van der Waals surface area contributed by atoms with E-state index in [2.05, 4.69) is 31.5 Å². The number of rotatable bonds is 4. The summed E-state index contributed by atoms with van der Waals surface area (Å²) in [5.74, 6) is 0.115. The van der Waals surface area contributed by atoms with Crippen molar-refractivity contribution in [1.82, 2.24) is 0 Å². The molecule has 2 heteroatoms. The molecule has 0 aromatic heterocycles. The van der Waals surface area contributed by atoms with E-state index >= 15 is 0 Å². The Bertz CT molecular complexity index is 514. The lowest BCUT2D eigenvalue weighted by Crippen LogP contribution is -2.21. The second kappa shape index (κ2) is 5.21. The van der Waals surface area contributed by atoms with Crippen molar-refractivity contribution in [2.24, 2.45) is 0 Å². The van der Waals surface area contributed by atoms with Gasteiger partial charge >= 0.3 is 0 Å². The first-order chi connectivity index (χ1) is 8.67. The number of carbonyl (C=O) groups excluding carboxylic acids is 1. The van der Waals surface area contributed by atoms with Crippen LogP contribution in [0.1, 0.15) is 28.7 Å². The molecule has 1 aromatic carbocycles. The molecular weight excluding hydrogens is 222 g/mol. The lowest BCUT2D eigenvalue weighted by atomic mass is 9.89. The highest BCUT2D eigenvalue weighted by molar-refractivity contribution is 5.95. The molecule has 0 saturated heterocycles. The highest BCUT2D eigenvalue weighted by Crippen LogP contribution is 2.32. The van der Waals surface area contributed by atoms with E-state index in [-0.39, 0.29) is 5.91 Å². The molecule has 0 atom stereocenters.